The summed E-state index contributed by atoms with van der Waals surface area (Å²) in [4.78, 5) is 35.5. The number of carbonyl (C=O) groups excluding carboxylic acids is 1. The Kier molecular flexibility index (Phi) is 17.6. The number of hydrogen-bond acceptors (Lipinski definition) is 7. The zero-order valence-corrected chi connectivity index (χ0v) is 48.5. The molecular formula is C71H60F3N7O4S. The lowest BCUT2D eigenvalue weighted by Gasteiger charge is -2.11. The highest BCUT2D eigenvalue weighted by molar-refractivity contribution is 7.92. The zero-order chi connectivity index (χ0) is 60.5. The molecule has 0 saturated heterocycles. The molecule has 0 fully saturated rings. The molecular weight excluding hydrogens is 1100 g/mol. The van der Waals surface area contributed by atoms with Gasteiger partial charge in [0.2, 0.25) is 10.0 Å². The number of carbonyl (C=O) groups is 1. The Morgan fingerprint density at radius 3 is 1.40 bits per heavy atom. The molecule has 0 spiro atoms. The molecule has 12 rings (SSSR count). The lowest BCUT2D eigenvalue weighted by molar-refractivity contribution is -0.137. The van der Waals surface area contributed by atoms with E-state index < -0.39 is 27.9 Å². The standard InChI is InChI=1S/C24H22N2O.C24H20N2O.C23H18F3N3O2S/c2*1-16-6-5-7-18(14-16)10-13-24-25-22-12-11-19(15-23(22)26-24)21-9-4-3-8-20(21)17(2)27;1-32(30,31)29-19-8-3-2-7-18(19)16-10-11-20-21(14-16)28-22(27-20)12-9-15-5-4-6-17(13-15)23(24,25)26/h3-15,17,27H,1-2H3,(H,25,26);3-15H,1-2H3,(H,25,26);2-14,29H,1H3,(H,27,28)/b2*13-10+;12-9+. The number of sulfonamides is 1. The van der Waals surface area contributed by atoms with Crippen LogP contribution in [0.5, 0.6) is 0 Å². The molecule has 3 heterocycles. The van der Waals surface area contributed by atoms with E-state index in [4.69, 9.17) is 0 Å². The van der Waals surface area contributed by atoms with Gasteiger partial charge in [-0.1, -0.05) is 175 Å². The van der Waals surface area contributed by atoms with Crippen LogP contribution in [0.15, 0.2) is 200 Å². The van der Waals surface area contributed by atoms with Gasteiger partial charge in [-0.2, -0.15) is 13.2 Å². The number of hydrogen-bond donors (Lipinski definition) is 5. The minimum Gasteiger partial charge on any atom is -0.389 e. The lowest BCUT2D eigenvalue weighted by Crippen LogP contribution is -2.10. The smallest absolute Gasteiger partial charge is 0.389 e. The summed E-state index contributed by atoms with van der Waals surface area (Å²) >= 11 is 0. The number of Topliss-reactive ketones (excluding diaryl/α,β-unsaturated/α-hetero) is 1. The SMILES string of the molecule is CC(=O)c1ccccc1-c1ccc2nc(/C=C/c3cccc(C)c3)[nH]c2c1.CS(=O)(=O)Nc1ccccc1-c1ccc2nc(/C=C/c3cccc(C(F)(F)F)c3)[nH]c2c1.Cc1cccc(/C=C/c2nc3ccc(-c4ccccc4C(C)O)cc3[nH]2)c1. The highest BCUT2D eigenvalue weighted by Gasteiger charge is 2.30. The maximum Gasteiger partial charge on any atom is 0.416 e. The number of aryl methyl sites for hydroxylation is 2. The minimum absolute atomic E-state index is 0.0667. The van der Waals surface area contributed by atoms with Gasteiger partial charge in [-0.15, -0.1) is 0 Å². The van der Waals surface area contributed by atoms with Crippen molar-refractivity contribution in [1.29, 1.82) is 0 Å². The molecule has 15 heteroatoms. The first-order valence-electron chi connectivity index (χ1n) is 27.6. The summed E-state index contributed by atoms with van der Waals surface area (Å²) in [6, 6.07) is 62.1. The minimum atomic E-state index is -4.40. The first-order valence-corrected chi connectivity index (χ1v) is 29.5. The van der Waals surface area contributed by atoms with E-state index in [0.29, 0.717) is 33.7 Å². The van der Waals surface area contributed by atoms with Gasteiger partial charge in [-0.3, -0.25) is 9.52 Å². The molecule has 0 saturated carbocycles. The number of rotatable bonds is 13. The van der Waals surface area contributed by atoms with Crippen molar-refractivity contribution in [3.63, 3.8) is 0 Å². The summed E-state index contributed by atoms with van der Waals surface area (Å²) in [6.45, 7) is 7.56. The fraction of sp³-hybridized carbons (Fsp3) is 0.0986. The van der Waals surface area contributed by atoms with Gasteiger partial charge < -0.3 is 20.1 Å². The van der Waals surface area contributed by atoms with Crippen molar-refractivity contribution < 1.29 is 31.5 Å². The third kappa shape index (κ3) is 14.9. The summed E-state index contributed by atoms with van der Waals surface area (Å²) in [5.41, 5.74) is 17.3. The predicted octanol–water partition coefficient (Wildman–Crippen LogP) is 17.5. The van der Waals surface area contributed by atoms with Crippen molar-refractivity contribution in [1.82, 2.24) is 29.9 Å². The van der Waals surface area contributed by atoms with Crippen LogP contribution >= 0.6 is 0 Å². The summed E-state index contributed by atoms with van der Waals surface area (Å²) in [6.07, 6.45) is 7.44. The van der Waals surface area contributed by atoms with E-state index in [2.05, 4.69) is 115 Å². The quantitative estimate of drug-likeness (QED) is 0.0716. The topological polar surface area (TPSA) is 170 Å². The second kappa shape index (κ2) is 25.7. The van der Waals surface area contributed by atoms with Crippen LogP contribution in [-0.2, 0) is 16.2 Å². The van der Waals surface area contributed by atoms with E-state index in [-0.39, 0.29) is 5.78 Å². The molecule has 5 N–H and O–H groups in total. The van der Waals surface area contributed by atoms with E-state index in [9.17, 15) is 31.5 Å². The number of imidazole rings is 3. The molecule has 0 radical (unpaired) electrons. The van der Waals surface area contributed by atoms with Crippen molar-refractivity contribution in [2.75, 3.05) is 11.0 Å². The van der Waals surface area contributed by atoms with E-state index in [1.165, 1.54) is 17.2 Å². The Morgan fingerprint density at radius 2 is 0.930 bits per heavy atom. The van der Waals surface area contributed by atoms with Gasteiger partial charge in [0.15, 0.2) is 5.78 Å². The van der Waals surface area contributed by atoms with Crippen LogP contribution in [-0.4, -0.2) is 55.5 Å². The van der Waals surface area contributed by atoms with Crippen LogP contribution in [0.25, 0.3) is 103 Å². The average molecular weight is 1160 g/mol. The van der Waals surface area contributed by atoms with Gasteiger partial charge in [-0.25, -0.2) is 23.4 Å². The van der Waals surface area contributed by atoms with Gasteiger partial charge in [-0.05, 0) is 151 Å². The van der Waals surface area contributed by atoms with E-state index >= 15 is 0 Å². The Labute approximate surface area is 496 Å². The van der Waals surface area contributed by atoms with Crippen LogP contribution in [0.4, 0.5) is 18.9 Å². The number of aliphatic hydroxyl groups excluding tert-OH is 1. The van der Waals surface area contributed by atoms with Gasteiger partial charge in [0, 0.05) is 11.1 Å². The van der Waals surface area contributed by atoms with Gasteiger partial charge in [0.05, 0.1) is 56.7 Å². The number of H-pyrrole nitrogens is 3. The second-order valence-corrected chi connectivity index (χ2v) is 22.5. The van der Waals surface area contributed by atoms with E-state index in [0.717, 1.165) is 102 Å². The number of nitrogens with one attached hydrogen (secondary N) is 4. The normalized spacial score (nSPS) is 12.2. The van der Waals surface area contributed by atoms with Gasteiger partial charge in [0.1, 0.15) is 17.5 Å². The Morgan fingerprint density at radius 1 is 0.512 bits per heavy atom. The maximum absolute atomic E-state index is 12.9. The summed E-state index contributed by atoms with van der Waals surface area (Å²) in [5.74, 6) is 2.19. The number of ketones is 1. The lowest BCUT2D eigenvalue weighted by atomic mass is 9.96. The Balaban J connectivity index is 0.000000144. The molecule has 86 heavy (non-hydrogen) atoms. The molecule has 1 unspecified atom stereocenters. The van der Waals surface area contributed by atoms with Gasteiger partial charge >= 0.3 is 6.18 Å². The number of aromatic nitrogens is 6. The van der Waals surface area contributed by atoms with Crippen LogP contribution in [0.2, 0.25) is 0 Å². The van der Waals surface area contributed by atoms with Crippen molar-refractivity contribution in [2.24, 2.45) is 0 Å². The van der Waals surface area contributed by atoms with Crippen molar-refractivity contribution in [3.05, 3.63) is 262 Å². The molecule has 3 aromatic heterocycles. The number of nitrogens with zero attached hydrogens (tertiary/aromatic N) is 3. The number of alkyl halides is 3. The molecule has 0 aliphatic rings. The highest BCUT2D eigenvalue weighted by atomic mass is 32.2. The third-order valence-electron chi connectivity index (χ3n) is 14.0. The monoisotopic (exact) mass is 1160 g/mol. The van der Waals surface area contributed by atoms with Crippen molar-refractivity contribution >= 4 is 91.1 Å². The molecule has 430 valence electrons. The first kappa shape index (κ1) is 59.0. The summed E-state index contributed by atoms with van der Waals surface area (Å²) < 4.78 is 64.5. The predicted molar refractivity (Wildman–Crippen MR) is 344 cm³/mol. The number of para-hydroxylation sites is 1. The first-order chi connectivity index (χ1) is 41.3. The number of anilines is 1. The van der Waals surface area contributed by atoms with E-state index in [1.807, 2.05) is 109 Å². The van der Waals surface area contributed by atoms with Gasteiger partial charge in [0.25, 0.3) is 0 Å². The van der Waals surface area contributed by atoms with Crippen LogP contribution in [0.1, 0.15) is 86.7 Å². The van der Waals surface area contributed by atoms with Crippen LogP contribution < -0.4 is 4.72 Å². The number of benzene rings is 9. The fourth-order valence-corrected chi connectivity index (χ4v) is 10.5. The maximum atomic E-state index is 12.9. The molecule has 1 atom stereocenters. The summed E-state index contributed by atoms with van der Waals surface area (Å²) in [5, 5.41) is 10.1. The molecule has 0 aliphatic heterocycles. The molecule has 12 aromatic rings. The van der Waals surface area contributed by atoms with E-state index in [1.54, 1.807) is 56.3 Å². The van der Waals surface area contributed by atoms with Crippen molar-refractivity contribution in [2.45, 2.75) is 40.0 Å². The number of fused-ring (bicyclic) bond motifs is 3. The Hall–Kier alpha value is -10.2. The fourth-order valence-electron chi connectivity index (χ4n) is 9.91. The molecule has 0 aliphatic carbocycles. The Bertz CT molecular complexity index is 4650. The molecule has 11 nitrogen and oxygen atoms in total. The van der Waals surface area contributed by atoms with Crippen LogP contribution in [0.3, 0.4) is 0 Å². The zero-order valence-electron chi connectivity index (χ0n) is 47.6. The highest BCUT2D eigenvalue weighted by Crippen LogP contribution is 2.34. The van der Waals surface area contributed by atoms with Crippen molar-refractivity contribution in [3.8, 4) is 33.4 Å². The summed E-state index contributed by atoms with van der Waals surface area (Å²) in [7, 11) is -3.44. The second-order valence-electron chi connectivity index (χ2n) is 20.8. The number of aliphatic hydroxyl groups is 1. The van der Waals surface area contributed by atoms with Crippen LogP contribution in [0, 0.1) is 13.8 Å². The molecule has 0 amide bonds. The number of aromatic amines is 3. The molecule has 9 aromatic carbocycles. The third-order valence-corrected chi connectivity index (χ3v) is 14.6. The largest absolute Gasteiger partial charge is 0.416 e. The molecule has 0 bridgehead atoms. The number of halogens is 3. The average Bonchev–Trinajstić information content (AvgIpc) is 2.23.